The van der Waals surface area contributed by atoms with E-state index >= 15 is 0 Å². The number of nitrogen functional groups attached to an aromatic ring is 1. The number of nitrogens with two attached hydrogens (primary N) is 2. The van der Waals surface area contributed by atoms with E-state index < -0.39 is 27.4 Å². The van der Waals surface area contributed by atoms with E-state index in [4.69, 9.17) is 15.6 Å². The van der Waals surface area contributed by atoms with Crippen molar-refractivity contribution in [2.24, 2.45) is 5.14 Å². The number of anilines is 1. The molecule has 0 radical (unpaired) electrons. The van der Waals surface area contributed by atoms with E-state index in [0.717, 1.165) is 6.07 Å². The van der Waals surface area contributed by atoms with Crippen LogP contribution in [0.4, 0.5) is 14.5 Å². The summed E-state index contributed by atoms with van der Waals surface area (Å²) in [5, 5.41) is 4.98. The van der Waals surface area contributed by atoms with Crippen molar-refractivity contribution in [2.45, 2.75) is 4.90 Å². The maximum atomic E-state index is 13.5. The van der Waals surface area contributed by atoms with Gasteiger partial charge in [-0.2, -0.15) is 4.39 Å². The Morgan fingerprint density at radius 1 is 1.00 bits per heavy atom. The highest BCUT2D eigenvalue weighted by atomic mass is 32.2. The molecular formula is C12H10F2N2O3S. The molecule has 0 saturated carbocycles. The Hall–Kier alpha value is -2.19. The van der Waals surface area contributed by atoms with Crippen molar-refractivity contribution in [3.8, 4) is 11.5 Å². The number of hydrogen-bond donors (Lipinski definition) is 2. The van der Waals surface area contributed by atoms with Gasteiger partial charge in [0.1, 0.15) is 4.90 Å². The number of sulfonamides is 1. The number of ether oxygens (including phenoxy) is 1. The van der Waals surface area contributed by atoms with Crippen molar-refractivity contribution < 1.29 is 21.9 Å². The Balaban J connectivity index is 2.48. The molecular weight excluding hydrogens is 290 g/mol. The van der Waals surface area contributed by atoms with Gasteiger partial charge in [-0.05, 0) is 24.3 Å². The minimum Gasteiger partial charge on any atom is -0.452 e. The first-order valence-electron chi connectivity index (χ1n) is 5.34. The van der Waals surface area contributed by atoms with Crippen LogP contribution in [0.1, 0.15) is 0 Å². The first kappa shape index (κ1) is 14.2. The lowest BCUT2D eigenvalue weighted by Gasteiger charge is -2.11. The number of primary sulfonamides is 1. The molecule has 0 saturated heterocycles. The van der Waals surface area contributed by atoms with Gasteiger partial charge in [0.05, 0.1) is 5.69 Å². The van der Waals surface area contributed by atoms with Crippen molar-refractivity contribution in [2.75, 3.05) is 5.73 Å². The SMILES string of the molecule is Nc1c(Oc2cccc(F)c2F)cccc1S(N)(=O)=O. The number of para-hydroxylation sites is 1. The van der Waals surface area contributed by atoms with Gasteiger partial charge in [0.15, 0.2) is 17.3 Å². The van der Waals surface area contributed by atoms with Crippen LogP contribution in [0.3, 0.4) is 0 Å². The first-order chi connectivity index (χ1) is 9.30. The van der Waals surface area contributed by atoms with E-state index in [1.54, 1.807) is 0 Å². The van der Waals surface area contributed by atoms with Crippen LogP contribution in [0.25, 0.3) is 0 Å². The van der Waals surface area contributed by atoms with Gasteiger partial charge < -0.3 is 10.5 Å². The molecule has 2 aromatic rings. The maximum absolute atomic E-state index is 13.5. The van der Waals surface area contributed by atoms with Gasteiger partial charge in [0.2, 0.25) is 15.8 Å². The lowest BCUT2D eigenvalue weighted by atomic mass is 10.3. The summed E-state index contributed by atoms with van der Waals surface area (Å²) in [6.07, 6.45) is 0. The maximum Gasteiger partial charge on any atom is 0.240 e. The summed E-state index contributed by atoms with van der Waals surface area (Å²) in [7, 11) is -4.04. The number of hydrogen-bond acceptors (Lipinski definition) is 4. The van der Waals surface area contributed by atoms with Crippen LogP contribution >= 0.6 is 0 Å². The normalized spacial score (nSPS) is 11.3. The van der Waals surface area contributed by atoms with Crippen molar-refractivity contribution >= 4 is 15.7 Å². The summed E-state index contributed by atoms with van der Waals surface area (Å²) >= 11 is 0. The van der Waals surface area contributed by atoms with Crippen molar-refractivity contribution in [3.05, 3.63) is 48.0 Å². The standard InChI is InChI=1S/C12H10F2N2O3S/c13-7-3-1-4-8(11(7)14)19-9-5-2-6-10(12(9)15)20(16,17)18/h1-6H,15H2,(H2,16,17,18). The number of rotatable bonds is 3. The molecule has 0 aliphatic rings. The van der Waals surface area contributed by atoms with Crippen molar-refractivity contribution in [1.82, 2.24) is 0 Å². The zero-order valence-electron chi connectivity index (χ0n) is 10.0. The third kappa shape index (κ3) is 2.70. The highest BCUT2D eigenvalue weighted by molar-refractivity contribution is 7.89. The minimum absolute atomic E-state index is 0.138. The molecule has 0 fully saturated rings. The molecule has 20 heavy (non-hydrogen) atoms. The first-order valence-corrected chi connectivity index (χ1v) is 6.88. The smallest absolute Gasteiger partial charge is 0.240 e. The molecule has 0 unspecified atom stereocenters. The Labute approximate surface area is 113 Å². The minimum atomic E-state index is -4.04. The molecule has 0 spiro atoms. The van der Waals surface area contributed by atoms with Crippen LogP contribution in [0.5, 0.6) is 11.5 Å². The summed E-state index contributed by atoms with van der Waals surface area (Å²) in [5.41, 5.74) is 5.33. The molecule has 106 valence electrons. The molecule has 0 atom stereocenters. The Kier molecular flexibility index (Phi) is 3.60. The second-order valence-corrected chi connectivity index (χ2v) is 5.40. The van der Waals surface area contributed by atoms with Gasteiger partial charge >= 0.3 is 0 Å². The highest BCUT2D eigenvalue weighted by Gasteiger charge is 2.17. The van der Waals surface area contributed by atoms with Crippen LogP contribution in [0.15, 0.2) is 41.3 Å². The third-order valence-corrected chi connectivity index (χ3v) is 3.44. The fraction of sp³-hybridized carbons (Fsp3) is 0. The zero-order valence-corrected chi connectivity index (χ0v) is 10.8. The highest BCUT2D eigenvalue weighted by Crippen LogP contribution is 2.33. The lowest BCUT2D eigenvalue weighted by Crippen LogP contribution is -2.14. The summed E-state index contributed by atoms with van der Waals surface area (Å²) in [4.78, 5) is -0.355. The Morgan fingerprint density at radius 3 is 2.25 bits per heavy atom. The van der Waals surface area contributed by atoms with Crippen LogP contribution in [0, 0.1) is 11.6 Å². The van der Waals surface area contributed by atoms with Crippen molar-refractivity contribution in [1.29, 1.82) is 0 Å². The van der Waals surface area contributed by atoms with E-state index in [9.17, 15) is 17.2 Å². The molecule has 0 aliphatic carbocycles. The van der Waals surface area contributed by atoms with Crippen molar-refractivity contribution in [3.63, 3.8) is 0 Å². The van der Waals surface area contributed by atoms with Crippen LogP contribution < -0.4 is 15.6 Å². The quantitative estimate of drug-likeness (QED) is 0.847. The van der Waals surface area contributed by atoms with Gasteiger partial charge in [0, 0.05) is 0 Å². The van der Waals surface area contributed by atoms with Gasteiger partial charge in [0.25, 0.3) is 0 Å². The largest absolute Gasteiger partial charge is 0.452 e. The molecule has 4 N–H and O–H groups in total. The molecule has 0 aromatic heterocycles. The summed E-state index contributed by atoms with van der Waals surface area (Å²) in [5.74, 6) is -2.85. The molecule has 0 heterocycles. The van der Waals surface area contributed by atoms with E-state index in [1.165, 1.54) is 30.3 Å². The van der Waals surface area contributed by atoms with E-state index in [0.29, 0.717) is 0 Å². The third-order valence-electron chi connectivity index (χ3n) is 2.47. The lowest BCUT2D eigenvalue weighted by molar-refractivity contribution is 0.416. The van der Waals surface area contributed by atoms with Gasteiger partial charge in [-0.1, -0.05) is 12.1 Å². The molecule has 0 bridgehead atoms. The predicted molar refractivity (Wildman–Crippen MR) is 68.7 cm³/mol. The second kappa shape index (κ2) is 5.06. The molecule has 5 nitrogen and oxygen atoms in total. The average molecular weight is 300 g/mol. The Bertz CT molecular complexity index is 763. The van der Waals surface area contributed by atoms with Gasteiger partial charge in [-0.3, -0.25) is 0 Å². The van der Waals surface area contributed by atoms with Crippen LogP contribution in [-0.4, -0.2) is 8.42 Å². The van der Waals surface area contributed by atoms with E-state index in [-0.39, 0.29) is 16.3 Å². The van der Waals surface area contributed by atoms with E-state index in [2.05, 4.69) is 0 Å². The number of benzene rings is 2. The zero-order chi connectivity index (χ0) is 14.9. The monoisotopic (exact) mass is 300 g/mol. The average Bonchev–Trinajstić information content (AvgIpc) is 2.36. The summed E-state index contributed by atoms with van der Waals surface area (Å²) < 4.78 is 54.2. The summed E-state index contributed by atoms with van der Waals surface area (Å²) in [6, 6.07) is 7.16. The predicted octanol–water partition coefficient (Wildman–Crippen LogP) is 1.99. The van der Waals surface area contributed by atoms with Crippen LogP contribution in [-0.2, 0) is 10.0 Å². The second-order valence-electron chi connectivity index (χ2n) is 3.87. The fourth-order valence-electron chi connectivity index (χ4n) is 1.54. The summed E-state index contributed by atoms with van der Waals surface area (Å²) in [6.45, 7) is 0. The molecule has 2 aromatic carbocycles. The van der Waals surface area contributed by atoms with E-state index in [1.807, 2.05) is 0 Å². The topological polar surface area (TPSA) is 95.4 Å². The molecule has 8 heteroatoms. The molecule has 2 rings (SSSR count). The van der Waals surface area contributed by atoms with Crippen LogP contribution in [0.2, 0.25) is 0 Å². The van der Waals surface area contributed by atoms with Gasteiger partial charge in [-0.15, -0.1) is 0 Å². The fourth-order valence-corrected chi connectivity index (χ4v) is 2.22. The number of halogens is 2. The molecule has 0 amide bonds. The molecule has 0 aliphatic heterocycles. The van der Waals surface area contributed by atoms with Gasteiger partial charge in [-0.25, -0.2) is 17.9 Å². The Morgan fingerprint density at radius 2 is 1.60 bits per heavy atom.